The van der Waals surface area contributed by atoms with Gasteiger partial charge in [-0.15, -0.1) is 0 Å². The molecule has 0 bridgehead atoms. The Bertz CT molecular complexity index is 882. The van der Waals surface area contributed by atoms with Crippen LogP contribution in [0.3, 0.4) is 0 Å². The summed E-state index contributed by atoms with van der Waals surface area (Å²) in [6.45, 7) is 1.50. The second-order valence-corrected chi connectivity index (χ2v) is 6.70. The lowest BCUT2D eigenvalue weighted by Crippen LogP contribution is -2.42. The molecule has 1 aliphatic rings. The van der Waals surface area contributed by atoms with Gasteiger partial charge in [0.2, 0.25) is 5.91 Å². The van der Waals surface area contributed by atoms with Crippen molar-refractivity contribution in [3.63, 3.8) is 0 Å². The highest BCUT2D eigenvalue weighted by atomic mass is 16.5. The lowest BCUT2D eigenvalue weighted by atomic mass is 10.0. The average molecular weight is 346 g/mol. The molecule has 0 saturated carbocycles. The highest BCUT2D eigenvalue weighted by molar-refractivity contribution is 5.90. The Morgan fingerprint density at radius 2 is 1.73 bits per heavy atom. The smallest absolute Gasteiger partial charge is 0.227 e. The number of carbonyl (C=O) groups is 1. The lowest BCUT2D eigenvalue weighted by molar-refractivity contribution is -0.132. The van der Waals surface area contributed by atoms with Gasteiger partial charge in [0.05, 0.1) is 6.42 Å². The van der Waals surface area contributed by atoms with Gasteiger partial charge in [-0.3, -0.25) is 9.78 Å². The molecule has 0 aliphatic carbocycles. The van der Waals surface area contributed by atoms with E-state index in [1.807, 2.05) is 35.2 Å². The van der Waals surface area contributed by atoms with Crippen LogP contribution in [0.15, 0.2) is 67.0 Å². The predicted molar refractivity (Wildman–Crippen MR) is 102 cm³/mol. The Morgan fingerprint density at radius 3 is 2.54 bits per heavy atom. The predicted octanol–water partition coefficient (Wildman–Crippen LogP) is 3.85. The number of likely N-dealkylation sites (tertiary alicyclic amines) is 1. The van der Waals surface area contributed by atoms with E-state index in [9.17, 15) is 4.79 Å². The fourth-order valence-corrected chi connectivity index (χ4v) is 3.55. The van der Waals surface area contributed by atoms with Gasteiger partial charge in [0.15, 0.2) is 0 Å². The van der Waals surface area contributed by atoms with Gasteiger partial charge < -0.3 is 9.64 Å². The quantitative estimate of drug-likeness (QED) is 0.721. The summed E-state index contributed by atoms with van der Waals surface area (Å²) < 4.78 is 5.98. The molecule has 26 heavy (non-hydrogen) atoms. The maximum Gasteiger partial charge on any atom is 0.227 e. The Kier molecular flexibility index (Phi) is 4.82. The minimum Gasteiger partial charge on any atom is -0.490 e. The van der Waals surface area contributed by atoms with E-state index in [1.54, 1.807) is 12.4 Å². The van der Waals surface area contributed by atoms with Crippen LogP contribution in [0.4, 0.5) is 0 Å². The summed E-state index contributed by atoms with van der Waals surface area (Å²) in [5.41, 5.74) is 1.10. The van der Waals surface area contributed by atoms with Gasteiger partial charge in [-0.05, 0) is 28.5 Å². The van der Waals surface area contributed by atoms with Gasteiger partial charge in [0, 0.05) is 38.3 Å². The van der Waals surface area contributed by atoms with Crippen molar-refractivity contribution in [3.8, 4) is 5.75 Å². The number of amides is 1. The molecular weight excluding hydrogens is 324 g/mol. The Morgan fingerprint density at radius 1 is 1.00 bits per heavy atom. The molecule has 4 rings (SSSR count). The molecule has 0 atom stereocenters. The summed E-state index contributed by atoms with van der Waals surface area (Å²) in [7, 11) is 0. The Hall–Kier alpha value is -2.88. The van der Waals surface area contributed by atoms with E-state index in [-0.39, 0.29) is 12.0 Å². The van der Waals surface area contributed by atoms with Crippen LogP contribution in [0, 0.1) is 0 Å². The van der Waals surface area contributed by atoms with E-state index >= 15 is 0 Å². The summed E-state index contributed by atoms with van der Waals surface area (Å²) in [4.78, 5) is 18.7. The van der Waals surface area contributed by atoms with Crippen LogP contribution in [-0.4, -0.2) is 35.0 Å². The number of carbonyl (C=O) groups excluding carboxylic acids is 1. The van der Waals surface area contributed by atoms with Crippen molar-refractivity contribution in [3.05, 3.63) is 72.6 Å². The third-order valence-corrected chi connectivity index (χ3v) is 4.97. The van der Waals surface area contributed by atoms with Crippen LogP contribution >= 0.6 is 0 Å². The third-order valence-electron chi connectivity index (χ3n) is 4.97. The van der Waals surface area contributed by atoms with Gasteiger partial charge in [-0.25, -0.2) is 0 Å². The first-order valence-corrected chi connectivity index (χ1v) is 9.11. The highest BCUT2D eigenvalue weighted by Gasteiger charge is 2.24. The minimum absolute atomic E-state index is 0.166. The molecule has 0 N–H and O–H groups in total. The maximum absolute atomic E-state index is 12.8. The van der Waals surface area contributed by atoms with Crippen molar-refractivity contribution in [2.45, 2.75) is 25.4 Å². The average Bonchev–Trinajstić information content (AvgIpc) is 2.70. The summed E-state index contributed by atoms with van der Waals surface area (Å²) in [5, 5.41) is 2.35. The van der Waals surface area contributed by atoms with Gasteiger partial charge in [0.1, 0.15) is 11.9 Å². The molecule has 0 radical (unpaired) electrons. The zero-order valence-corrected chi connectivity index (χ0v) is 14.7. The highest BCUT2D eigenvalue weighted by Crippen LogP contribution is 2.22. The number of hydrogen-bond acceptors (Lipinski definition) is 3. The number of ether oxygens (including phenoxy) is 1. The SMILES string of the molecule is O=C(Cc1cccc2ccccc12)N1CCC(Oc2ccncc2)CC1. The second-order valence-electron chi connectivity index (χ2n) is 6.70. The molecule has 2 aromatic carbocycles. The summed E-state index contributed by atoms with van der Waals surface area (Å²) >= 11 is 0. The number of pyridine rings is 1. The second kappa shape index (κ2) is 7.56. The van der Waals surface area contributed by atoms with Crippen molar-refractivity contribution in [1.82, 2.24) is 9.88 Å². The van der Waals surface area contributed by atoms with Gasteiger partial charge in [0.25, 0.3) is 0 Å². The van der Waals surface area contributed by atoms with E-state index in [0.717, 1.165) is 37.2 Å². The van der Waals surface area contributed by atoms with Crippen molar-refractivity contribution in [2.24, 2.45) is 0 Å². The molecule has 3 aromatic rings. The molecule has 1 aliphatic heterocycles. The molecule has 1 amide bonds. The van der Waals surface area contributed by atoms with Crippen molar-refractivity contribution in [2.75, 3.05) is 13.1 Å². The van der Waals surface area contributed by atoms with Crippen LogP contribution in [0.5, 0.6) is 5.75 Å². The number of benzene rings is 2. The largest absolute Gasteiger partial charge is 0.490 e. The van der Waals surface area contributed by atoms with E-state index < -0.39 is 0 Å². The number of hydrogen-bond donors (Lipinski definition) is 0. The summed E-state index contributed by atoms with van der Waals surface area (Å²) in [6, 6.07) is 18.2. The van der Waals surface area contributed by atoms with Crippen LogP contribution in [0.1, 0.15) is 18.4 Å². The van der Waals surface area contributed by atoms with Crippen molar-refractivity contribution < 1.29 is 9.53 Å². The topological polar surface area (TPSA) is 42.4 Å². The zero-order valence-electron chi connectivity index (χ0n) is 14.7. The monoisotopic (exact) mass is 346 g/mol. The van der Waals surface area contributed by atoms with E-state index in [4.69, 9.17) is 4.74 Å². The summed E-state index contributed by atoms with van der Waals surface area (Å²) in [6.07, 6.45) is 5.82. The molecule has 0 unspecified atom stereocenters. The molecule has 4 heteroatoms. The van der Waals surface area contributed by atoms with Crippen LogP contribution in [0.25, 0.3) is 10.8 Å². The van der Waals surface area contributed by atoms with E-state index in [2.05, 4.69) is 29.2 Å². The maximum atomic E-state index is 12.8. The number of piperidine rings is 1. The summed E-state index contributed by atoms with van der Waals surface area (Å²) in [5.74, 6) is 1.05. The number of nitrogens with zero attached hydrogens (tertiary/aromatic N) is 2. The molecular formula is C22H22N2O2. The van der Waals surface area contributed by atoms with Crippen molar-refractivity contribution >= 4 is 16.7 Å². The Labute approximate surface area is 153 Å². The van der Waals surface area contributed by atoms with Gasteiger partial charge in [-0.1, -0.05) is 42.5 Å². The first-order valence-electron chi connectivity index (χ1n) is 9.11. The molecule has 1 fully saturated rings. The molecule has 4 nitrogen and oxygen atoms in total. The number of fused-ring (bicyclic) bond motifs is 1. The van der Waals surface area contributed by atoms with Crippen LogP contribution in [0.2, 0.25) is 0 Å². The van der Waals surface area contributed by atoms with Crippen molar-refractivity contribution in [1.29, 1.82) is 0 Å². The standard InChI is InChI=1S/C22H22N2O2/c25-22(16-18-6-3-5-17-4-1-2-7-21(17)18)24-14-10-20(11-15-24)26-19-8-12-23-13-9-19/h1-9,12-13,20H,10-11,14-16H2. The number of aromatic nitrogens is 1. The van der Waals surface area contributed by atoms with E-state index in [0.29, 0.717) is 6.42 Å². The molecule has 0 spiro atoms. The lowest BCUT2D eigenvalue weighted by Gasteiger charge is -2.32. The molecule has 2 heterocycles. The normalized spacial score (nSPS) is 15.2. The molecule has 1 aromatic heterocycles. The first-order chi connectivity index (χ1) is 12.8. The molecule has 1 saturated heterocycles. The minimum atomic E-state index is 0.166. The number of rotatable bonds is 4. The Balaban J connectivity index is 1.36. The van der Waals surface area contributed by atoms with Gasteiger partial charge >= 0.3 is 0 Å². The van der Waals surface area contributed by atoms with Crippen LogP contribution < -0.4 is 4.74 Å². The molecule has 132 valence electrons. The zero-order chi connectivity index (χ0) is 17.8. The first kappa shape index (κ1) is 16.6. The van der Waals surface area contributed by atoms with Crippen LogP contribution in [-0.2, 0) is 11.2 Å². The van der Waals surface area contributed by atoms with E-state index in [1.165, 1.54) is 10.8 Å². The third kappa shape index (κ3) is 3.69. The fourth-order valence-electron chi connectivity index (χ4n) is 3.55. The van der Waals surface area contributed by atoms with Gasteiger partial charge in [-0.2, -0.15) is 0 Å². The fraction of sp³-hybridized carbons (Fsp3) is 0.273.